The molecule has 7 heteroatoms. The van der Waals surface area contributed by atoms with E-state index in [9.17, 15) is 8.42 Å². The molecule has 2 rings (SSSR count). The molecule has 128 valence electrons. The van der Waals surface area contributed by atoms with Gasteiger partial charge >= 0.3 is 7.12 Å². The van der Waals surface area contributed by atoms with Crippen molar-refractivity contribution in [2.24, 2.45) is 0 Å². The zero-order valence-electron chi connectivity index (χ0n) is 14.9. The van der Waals surface area contributed by atoms with E-state index >= 15 is 0 Å². The van der Waals surface area contributed by atoms with Crippen molar-refractivity contribution in [3.63, 3.8) is 0 Å². The number of hydrogen-bond acceptors (Lipinski definition) is 4. The fraction of sp³-hybridized carbons (Fsp3) is 0.625. The van der Waals surface area contributed by atoms with E-state index in [-0.39, 0.29) is 4.90 Å². The van der Waals surface area contributed by atoms with Crippen LogP contribution in [0.25, 0.3) is 0 Å². The topological polar surface area (TPSA) is 64.6 Å². The maximum absolute atomic E-state index is 12.3. The smallest absolute Gasteiger partial charge is 0.399 e. The predicted octanol–water partition coefficient (Wildman–Crippen LogP) is 2.06. The van der Waals surface area contributed by atoms with Gasteiger partial charge in [0.05, 0.1) is 16.1 Å². The minimum absolute atomic E-state index is 0.229. The van der Waals surface area contributed by atoms with E-state index in [0.29, 0.717) is 0 Å². The minimum Gasteiger partial charge on any atom is -0.399 e. The fourth-order valence-corrected chi connectivity index (χ4v) is 3.66. The summed E-state index contributed by atoms with van der Waals surface area (Å²) >= 11 is 0. The van der Waals surface area contributed by atoms with Gasteiger partial charge in [-0.05, 0) is 66.1 Å². The lowest BCUT2D eigenvalue weighted by atomic mass is 9.79. The van der Waals surface area contributed by atoms with Crippen LogP contribution < -0.4 is 10.2 Å². The largest absolute Gasteiger partial charge is 0.494 e. The molecule has 1 fully saturated rings. The second-order valence-corrected chi connectivity index (χ2v) is 9.70. The first-order valence-electron chi connectivity index (χ1n) is 7.73. The van der Waals surface area contributed by atoms with Gasteiger partial charge in [0.25, 0.3) is 0 Å². The van der Waals surface area contributed by atoms with Gasteiger partial charge in [-0.15, -0.1) is 0 Å². The Labute approximate surface area is 140 Å². The van der Waals surface area contributed by atoms with Crippen LogP contribution in [0.1, 0.15) is 48.5 Å². The van der Waals surface area contributed by atoms with E-state index in [2.05, 4.69) is 4.72 Å². The number of sulfonamides is 1. The Balaban J connectivity index is 2.22. The van der Waals surface area contributed by atoms with Gasteiger partial charge in [-0.2, -0.15) is 0 Å². The normalized spacial score (nSPS) is 20.7. The Kier molecular flexibility index (Phi) is 4.48. The van der Waals surface area contributed by atoms with Crippen LogP contribution in [-0.2, 0) is 19.3 Å². The average Bonchev–Trinajstić information content (AvgIpc) is 2.56. The third-order valence-electron chi connectivity index (χ3n) is 4.16. The van der Waals surface area contributed by atoms with E-state index in [0.717, 1.165) is 5.46 Å². The van der Waals surface area contributed by atoms with Crippen LogP contribution in [0, 0.1) is 0 Å². The van der Waals surface area contributed by atoms with E-state index in [1.165, 1.54) is 0 Å². The molecule has 0 aromatic heterocycles. The highest BCUT2D eigenvalue weighted by atomic mass is 32.2. The first-order chi connectivity index (χ1) is 10.2. The molecule has 1 aromatic rings. The molecule has 5 nitrogen and oxygen atoms in total. The van der Waals surface area contributed by atoms with Crippen molar-refractivity contribution in [3.05, 3.63) is 24.3 Å². The zero-order valence-corrected chi connectivity index (χ0v) is 15.7. The highest BCUT2D eigenvalue weighted by Crippen LogP contribution is 2.36. The summed E-state index contributed by atoms with van der Waals surface area (Å²) in [7, 11) is -4.03. The summed E-state index contributed by atoms with van der Waals surface area (Å²) in [5.74, 6) is 0. The molecule has 0 unspecified atom stereocenters. The lowest BCUT2D eigenvalue weighted by Crippen LogP contribution is -2.41. The van der Waals surface area contributed by atoms with Gasteiger partial charge in [0.1, 0.15) is 0 Å². The van der Waals surface area contributed by atoms with Crippen molar-refractivity contribution >= 4 is 22.6 Å². The number of benzene rings is 1. The molecule has 0 spiro atoms. The Morgan fingerprint density at radius 1 is 0.957 bits per heavy atom. The second-order valence-electron chi connectivity index (χ2n) is 8.01. The lowest BCUT2D eigenvalue weighted by Gasteiger charge is -2.32. The van der Waals surface area contributed by atoms with Gasteiger partial charge in [-0.3, -0.25) is 0 Å². The van der Waals surface area contributed by atoms with Crippen molar-refractivity contribution in [1.29, 1.82) is 0 Å². The first-order valence-corrected chi connectivity index (χ1v) is 9.21. The quantitative estimate of drug-likeness (QED) is 0.856. The molecular formula is C16H26BNO4S. The molecule has 0 aliphatic carbocycles. The monoisotopic (exact) mass is 339 g/mol. The molecule has 23 heavy (non-hydrogen) atoms. The Bertz CT molecular complexity index is 659. The van der Waals surface area contributed by atoms with Crippen LogP contribution in [0.4, 0.5) is 0 Å². The van der Waals surface area contributed by atoms with E-state index < -0.39 is 33.9 Å². The molecule has 1 saturated heterocycles. The molecule has 1 aliphatic heterocycles. The zero-order chi connectivity index (χ0) is 17.7. The van der Waals surface area contributed by atoms with Crippen LogP contribution in [0.15, 0.2) is 29.2 Å². The maximum atomic E-state index is 12.3. The van der Waals surface area contributed by atoms with E-state index in [1.807, 2.05) is 48.5 Å². The summed E-state index contributed by atoms with van der Waals surface area (Å²) in [6.07, 6.45) is 0. The predicted molar refractivity (Wildman–Crippen MR) is 92.2 cm³/mol. The minimum atomic E-state index is -3.54. The molecule has 0 radical (unpaired) electrons. The Morgan fingerprint density at radius 2 is 1.39 bits per heavy atom. The number of rotatable bonds is 3. The van der Waals surface area contributed by atoms with Gasteiger partial charge in [0, 0.05) is 5.54 Å². The van der Waals surface area contributed by atoms with Crippen molar-refractivity contribution in [1.82, 2.24) is 4.72 Å². The summed E-state index contributed by atoms with van der Waals surface area (Å²) < 4.78 is 39.2. The molecule has 0 atom stereocenters. The van der Waals surface area contributed by atoms with Gasteiger partial charge < -0.3 is 9.31 Å². The highest BCUT2D eigenvalue weighted by Gasteiger charge is 2.51. The molecular weight excluding hydrogens is 313 g/mol. The van der Waals surface area contributed by atoms with E-state index in [1.54, 1.807) is 24.3 Å². The maximum Gasteiger partial charge on any atom is 0.494 e. The van der Waals surface area contributed by atoms with Crippen LogP contribution in [0.3, 0.4) is 0 Å². The van der Waals surface area contributed by atoms with Gasteiger partial charge in [-0.1, -0.05) is 12.1 Å². The van der Waals surface area contributed by atoms with Gasteiger partial charge in [0.15, 0.2) is 0 Å². The molecule has 0 amide bonds. The van der Waals surface area contributed by atoms with E-state index in [4.69, 9.17) is 9.31 Å². The molecule has 1 aliphatic rings. The Morgan fingerprint density at radius 3 is 1.78 bits per heavy atom. The molecule has 1 N–H and O–H groups in total. The highest BCUT2D eigenvalue weighted by molar-refractivity contribution is 7.89. The van der Waals surface area contributed by atoms with Crippen molar-refractivity contribution in [2.75, 3.05) is 0 Å². The SMILES string of the molecule is CC(C)(C)NS(=O)(=O)c1ccc(B2OC(C)(C)C(C)(C)O2)cc1. The lowest BCUT2D eigenvalue weighted by molar-refractivity contribution is 0.00578. The molecule has 1 heterocycles. The van der Waals surface area contributed by atoms with Crippen molar-refractivity contribution < 1.29 is 17.7 Å². The summed E-state index contributed by atoms with van der Waals surface area (Å²) in [6.45, 7) is 13.4. The number of hydrogen-bond donors (Lipinski definition) is 1. The molecule has 0 bridgehead atoms. The summed E-state index contributed by atoms with van der Waals surface area (Å²) in [5.41, 5.74) is -0.561. The fourth-order valence-electron chi connectivity index (χ4n) is 2.25. The summed E-state index contributed by atoms with van der Waals surface area (Å²) in [4.78, 5) is 0.229. The van der Waals surface area contributed by atoms with Crippen LogP contribution >= 0.6 is 0 Å². The van der Waals surface area contributed by atoms with Crippen LogP contribution in [0.5, 0.6) is 0 Å². The Hall–Kier alpha value is -0.885. The average molecular weight is 339 g/mol. The summed E-state index contributed by atoms with van der Waals surface area (Å²) in [5, 5.41) is 0. The van der Waals surface area contributed by atoms with Gasteiger partial charge in [-0.25, -0.2) is 13.1 Å². The van der Waals surface area contributed by atoms with Crippen molar-refractivity contribution in [3.8, 4) is 0 Å². The van der Waals surface area contributed by atoms with Gasteiger partial charge in [0.2, 0.25) is 10.0 Å². The first kappa shape index (κ1) is 18.5. The third-order valence-corrected chi connectivity index (χ3v) is 5.93. The third kappa shape index (κ3) is 3.96. The van der Waals surface area contributed by atoms with Crippen molar-refractivity contribution in [2.45, 2.75) is 70.1 Å². The van der Waals surface area contributed by atoms with Crippen LogP contribution in [0.2, 0.25) is 0 Å². The second kappa shape index (κ2) is 5.58. The molecule has 1 aromatic carbocycles. The van der Waals surface area contributed by atoms with Crippen LogP contribution in [-0.4, -0.2) is 32.3 Å². The standard InChI is InChI=1S/C16H26BNO4S/c1-14(2,3)18-23(19,20)13-10-8-12(9-11-13)17-21-15(4,5)16(6,7)22-17/h8-11,18H,1-7H3. The number of nitrogens with one attached hydrogen (secondary N) is 1. The molecule has 0 saturated carbocycles. The summed E-state index contributed by atoms with van der Waals surface area (Å²) in [6, 6.07) is 6.63.